The van der Waals surface area contributed by atoms with Crippen LogP contribution >= 0.6 is 0 Å². The molecule has 0 amide bonds. The molecule has 0 bridgehead atoms. The van der Waals surface area contributed by atoms with Crippen LogP contribution in [0.1, 0.15) is 11.7 Å². The Labute approximate surface area is 65.4 Å². The van der Waals surface area contributed by atoms with Crippen LogP contribution in [-0.4, -0.2) is 17.8 Å². The Bertz CT molecular complexity index is 233. The van der Waals surface area contributed by atoms with Gasteiger partial charge >= 0.3 is 0 Å². The number of aliphatic hydroxyl groups excluding tert-OH is 1. The van der Waals surface area contributed by atoms with Crippen molar-refractivity contribution in [2.24, 2.45) is 0 Å². The highest BCUT2D eigenvalue weighted by Crippen LogP contribution is 2.29. The summed E-state index contributed by atoms with van der Waals surface area (Å²) in [6.07, 6.45) is -0.395. The van der Waals surface area contributed by atoms with Crippen LogP contribution in [0.5, 0.6) is 0 Å². The van der Waals surface area contributed by atoms with Crippen LogP contribution in [0.25, 0.3) is 0 Å². The summed E-state index contributed by atoms with van der Waals surface area (Å²) in [5.41, 5.74) is 1.06. The minimum atomic E-state index is -0.308. The van der Waals surface area contributed by atoms with E-state index in [1.54, 1.807) is 0 Å². The second-order valence-corrected chi connectivity index (χ2v) is 2.73. The highest BCUT2D eigenvalue weighted by atomic mass is 16.5. The number of aliphatic hydroxyl groups is 1. The van der Waals surface area contributed by atoms with Gasteiger partial charge in [0.05, 0.1) is 6.61 Å². The first-order valence-corrected chi connectivity index (χ1v) is 3.72. The first kappa shape index (κ1) is 6.83. The molecule has 1 aliphatic rings. The van der Waals surface area contributed by atoms with Crippen molar-refractivity contribution in [1.29, 1.82) is 0 Å². The van der Waals surface area contributed by atoms with Crippen molar-refractivity contribution >= 4 is 0 Å². The predicted molar refractivity (Wildman–Crippen MR) is 41.1 cm³/mol. The molecule has 2 rings (SSSR count). The summed E-state index contributed by atoms with van der Waals surface area (Å²) < 4.78 is 5.18. The summed E-state index contributed by atoms with van der Waals surface area (Å²) in [6, 6.07) is 9.78. The first-order valence-electron chi connectivity index (χ1n) is 3.72. The van der Waals surface area contributed by atoms with Crippen LogP contribution in [0.4, 0.5) is 0 Å². The van der Waals surface area contributed by atoms with E-state index in [0.29, 0.717) is 6.61 Å². The van der Waals surface area contributed by atoms with Crippen molar-refractivity contribution < 1.29 is 9.84 Å². The van der Waals surface area contributed by atoms with Gasteiger partial charge in [-0.25, -0.2) is 0 Å². The summed E-state index contributed by atoms with van der Waals surface area (Å²) in [7, 11) is 0. The molecule has 1 aliphatic heterocycles. The lowest BCUT2D eigenvalue weighted by Crippen LogP contribution is -2.37. The smallest absolute Gasteiger partial charge is 0.111 e. The molecule has 0 spiro atoms. The maximum absolute atomic E-state index is 9.24. The van der Waals surface area contributed by atoms with E-state index < -0.39 is 0 Å². The summed E-state index contributed by atoms with van der Waals surface area (Å²) in [5.74, 6) is 0. The number of rotatable bonds is 1. The second kappa shape index (κ2) is 2.64. The van der Waals surface area contributed by atoms with Crippen LogP contribution in [-0.2, 0) is 4.74 Å². The third-order valence-electron chi connectivity index (χ3n) is 1.92. The molecule has 1 N–H and O–H groups in total. The van der Waals surface area contributed by atoms with Gasteiger partial charge in [0.15, 0.2) is 0 Å². The number of benzene rings is 1. The minimum Gasteiger partial charge on any atom is -0.388 e. The van der Waals surface area contributed by atoms with E-state index in [1.165, 1.54) is 0 Å². The van der Waals surface area contributed by atoms with Crippen molar-refractivity contribution in [3.63, 3.8) is 0 Å². The molecule has 58 valence electrons. The maximum atomic E-state index is 9.24. The fourth-order valence-electron chi connectivity index (χ4n) is 1.24. The van der Waals surface area contributed by atoms with Crippen molar-refractivity contribution in [2.45, 2.75) is 12.2 Å². The first-order chi connectivity index (χ1) is 5.38. The Balaban J connectivity index is 2.17. The lowest BCUT2D eigenvalue weighted by Gasteiger charge is -2.32. The molecule has 1 aromatic carbocycles. The second-order valence-electron chi connectivity index (χ2n) is 2.73. The molecule has 0 aromatic heterocycles. The molecule has 0 radical (unpaired) electrons. The largest absolute Gasteiger partial charge is 0.388 e. The van der Waals surface area contributed by atoms with Gasteiger partial charge in [0.25, 0.3) is 0 Å². The zero-order valence-corrected chi connectivity index (χ0v) is 6.10. The van der Waals surface area contributed by atoms with Crippen LogP contribution in [0.2, 0.25) is 0 Å². The van der Waals surface area contributed by atoms with Gasteiger partial charge in [-0.15, -0.1) is 0 Å². The molecule has 1 aromatic rings. The standard InChI is InChI=1S/C9H10O2/c10-8-6-11-9(8)7-4-2-1-3-5-7/h1-5,8-10H,6H2/t8-,9+/m0/s1. The molecule has 0 aliphatic carbocycles. The predicted octanol–water partition coefficient (Wildman–Crippen LogP) is 1.12. The number of ether oxygens (including phenoxy) is 1. The van der Waals surface area contributed by atoms with Crippen molar-refractivity contribution in [1.82, 2.24) is 0 Å². The highest BCUT2D eigenvalue weighted by molar-refractivity contribution is 5.20. The number of hydrogen-bond acceptors (Lipinski definition) is 2. The quantitative estimate of drug-likeness (QED) is 0.650. The third kappa shape index (κ3) is 1.15. The van der Waals surface area contributed by atoms with E-state index in [1.807, 2.05) is 30.3 Å². The number of hydrogen-bond donors (Lipinski definition) is 1. The van der Waals surface area contributed by atoms with Crippen LogP contribution in [0, 0.1) is 0 Å². The molecule has 0 saturated carbocycles. The summed E-state index contributed by atoms with van der Waals surface area (Å²) in [4.78, 5) is 0. The van der Waals surface area contributed by atoms with E-state index in [4.69, 9.17) is 4.74 Å². The summed E-state index contributed by atoms with van der Waals surface area (Å²) >= 11 is 0. The molecule has 11 heavy (non-hydrogen) atoms. The maximum Gasteiger partial charge on any atom is 0.111 e. The third-order valence-corrected chi connectivity index (χ3v) is 1.92. The van der Waals surface area contributed by atoms with Gasteiger partial charge in [-0.1, -0.05) is 30.3 Å². The molecule has 2 heteroatoms. The van der Waals surface area contributed by atoms with E-state index in [-0.39, 0.29) is 12.2 Å². The van der Waals surface area contributed by atoms with Gasteiger partial charge in [-0.2, -0.15) is 0 Å². The summed E-state index contributed by atoms with van der Waals surface area (Å²) in [6.45, 7) is 0.472. The Hall–Kier alpha value is -0.860. The van der Waals surface area contributed by atoms with Gasteiger partial charge in [-0.3, -0.25) is 0 Å². The minimum absolute atomic E-state index is 0.0869. The van der Waals surface area contributed by atoms with E-state index >= 15 is 0 Å². The lowest BCUT2D eigenvalue weighted by molar-refractivity contribution is -0.165. The SMILES string of the molecule is O[C@H]1CO[C@@H]1c1ccccc1. The molecular weight excluding hydrogens is 140 g/mol. The molecule has 1 heterocycles. The van der Waals surface area contributed by atoms with E-state index in [9.17, 15) is 5.11 Å². The topological polar surface area (TPSA) is 29.5 Å². The van der Waals surface area contributed by atoms with Crippen molar-refractivity contribution in [3.8, 4) is 0 Å². The average Bonchev–Trinajstić information content (AvgIpc) is 2.04. The Morgan fingerprint density at radius 3 is 2.45 bits per heavy atom. The average molecular weight is 150 g/mol. The molecular formula is C9H10O2. The zero-order chi connectivity index (χ0) is 7.68. The van der Waals surface area contributed by atoms with Crippen molar-refractivity contribution in [3.05, 3.63) is 35.9 Å². The van der Waals surface area contributed by atoms with E-state index in [0.717, 1.165) is 5.56 Å². The van der Waals surface area contributed by atoms with Gasteiger partial charge in [0, 0.05) is 0 Å². The van der Waals surface area contributed by atoms with Gasteiger partial charge in [0.1, 0.15) is 12.2 Å². The van der Waals surface area contributed by atoms with Crippen LogP contribution in [0.15, 0.2) is 30.3 Å². The van der Waals surface area contributed by atoms with Crippen molar-refractivity contribution in [2.75, 3.05) is 6.61 Å². The molecule has 2 atom stereocenters. The van der Waals surface area contributed by atoms with Crippen LogP contribution < -0.4 is 0 Å². The highest BCUT2D eigenvalue weighted by Gasteiger charge is 2.30. The Morgan fingerprint density at radius 2 is 2.00 bits per heavy atom. The van der Waals surface area contributed by atoms with Crippen LogP contribution in [0.3, 0.4) is 0 Å². The fraction of sp³-hybridized carbons (Fsp3) is 0.333. The van der Waals surface area contributed by atoms with Gasteiger partial charge < -0.3 is 9.84 Å². The Kier molecular flexibility index (Phi) is 1.64. The molecule has 1 fully saturated rings. The zero-order valence-electron chi connectivity index (χ0n) is 6.10. The fourth-order valence-corrected chi connectivity index (χ4v) is 1.24. The summed E-state index contributed by atoms with van der Waals surface area (Å²) in [5, 5.41) is 9.24. The normalized spacial score (nSPS) is 29.5. The lowest BCUT2D eigenvalue weighted by atomic mass is 10.0. The van der Waals surface area contributed by atoms with Gasteiger partial charge in [0.2, 0.25) is 0 Å². The van der Waals surface area contributed by atoms with E-state index in [2.05, 4.69) is 0 Å². The molecule has 2 nitrogen and oxygen atoms in total. The monoisotopic (exact) mass is 150 g/mol. The molecule has 1 saturated heterocycles. The molecule has 0 unspecified atom stereocenters. The van der Waals surface area contributed by atoms with Gasteiger partial charge in [-0.05, 0) is 5.56 Å². The Morgan fingerprint density at radius 1 is 1.27 bits per heavy atom.